The predicted molar refractivity (Wildman–Crippen MR) is 132 cm³/mol. The van der Waals surface area contributed by atoms with Gasteiger partial charge in [-0.25, -0.2) is 0 Å². The summed E-state index contributed by atoms with van der Waals surface area (Å²) in [5.41, 5.74) is 3.90. The largest absolute Gasteiger partial charge is 0.413 e. The second-order valence-corrected chi connectivity index (χ2v) is 17.4. The Morgan fingerprint density at radius 1 is 1.07 bits per heavy atom. The fourth-order valence-electron chi connectivity index (χ4n) is 7.61. The molecule has 3 unspecified atom stereocenters. The van der Waals surface area contributed by atoms with Crippen LogP contribution >= 0.6 is 0 Å². The number of hydrogen-bond acceptors (Lipinski definition) is 1. The molecule has 0 bridgehead atoms. The maximum absolute atomic E-state index is 7.10. The summed E-state index contributed by atoms with van der Waals surface area (Å²) in [6, 6.07) is 0. The molecule has 0 aromatic rings. The maximum Gasteiger partial charge on any atom is 0.192 e. The van der Waals surface area contributed by atoms with Gasteiger partial charge in [-0.3, -0.25) is 0 Å². The Labute approximate surface area is 187 Å². The third kappa shape index (κ3) is 3.27. The van der Waals surface area contributed by atoms with E-state index in [1.54, 1.807) is 11.1 Å². The summed E-state index contributed by atoms with van der Waals surface area (Å²) in [5, 5.41) is 0.294. The Morgan fingerprint density at radius 2 is 1.80 bits per heavy atom. The van der Waals surface area contributed by atoms with Gasteiger partial charge in [0.15, 0.2) is 8.32 Å². The van der Waals surface area contributed by atoms with E-state index in [1.165, 1.54) is 51.4 Å². The summed E-state index contributed by atoms with van der Waals surface area (Å²) in [4.78, 5) is 0. The fraction of sp³-hybridized carbons (Fsp3) is 0.786. The van der Waals surface area contributed by atoms with Gasteiger partial charge in [0.05, 0.1) is 6.10 Å². The maximum atomic E-state index is 7.10. The molecule has 3 saturated carbocycles. The highest BCUT2D eigenvalue weighted by atomic mass is 28.4. The van der Waals surface area contributed by atoms with Gasteiger partial charge in [0.2, 0.25) is 0 Å². The summed E-state index contributed by atoms with van der Waals surface area (Å²) >= 11 is 0. The van der Waals surface area contributed by atoms with Crippen molar-refractivity contribution in [2.45, 2.75) is 110 Å². The Morgan fingerprint density at radius 3 is 2.43 bits per heavy atom. The lowest BCUT2D eigenvalue weighted by molar-refractivity contribution is -0.0624. The number of fused-ring (bicyclic) bond motifs is 5. The molecule has 1 nitrogen and oxygen atoms in total. The Balaban J connectivity index is 1.60. The first kappa shape index (κ1) is 22.6. The topological polar surface area (TPSA) is 9.23 Å². The second kappa shape index (κ2) is 7.48. The molecular formula is C28H46OSi. The van der Waals surface area contributed by atoms with E-state index in [9.17, 15) is 0 Å². The van der Waals surface area contributed by atoms with Gasteiger partial charge in [0.1, 0.15) is 0 Å². The van der Waals surface area contributed by atoms with Crippen molar-refractivity contribution in [1.82, 2.24) is 0 Å². The van der Waals surface area contributed by atoms with Crippen molar-refractivity contribution in [3.63, 3.8) is 0 Å². The van der Waals surface area contributed by atoms with Crippen molar-refractivity contribution in [2.75, 3.05) is 0 Å². The molecular weight excluding hydrogens is 380 g/mol. The average Bonchev–Trinajstić information content (AvgIpc) is 3.02. The van der Waals surface area contributed by atoms with Gasteiger partial charge < -0.3 is 4.43 Å². The zero-order chi connectivity index (χ0) is 21.9. The van der Waals surface area contributed by atoms with E-state index in [0.717, 1.165) is 17.8 Å². The first-order valence-corrected chi connectivity index (χ1v) is 15.6. The van der Waals surface area contributed by atoms with E-state index in [-0.39, 0.29) is 5.41 Å². The van der Waals surface area contributed by atoms with Crippen LogP contribution in [-0.4, -0.2) is 14.4 Å². The van der Waals surface area contributed by atoms with Crippen LogP contribution in [0.3, 0.4) is 0 Å². The Hall–Kier alpha value is -0.603. The smallest absolute Gasteiger partial charge is 0.192 e. The minimum absolute atomic E-state index is 0.273. The molecule has 30 heavy (non-hydrogen) atoms. The van der Waals surface area contributed by atoms with E-state index in [1.807, 2.05) is 0 Å². The lowest BCUT2D eigenvalue weighted by Crippen LogP contribution is -2.53. The molecule has 4 aliphatic carbocycles. The van der Waals surface area contributed by atoms with Crippen LogP contribution in [0.4, 0.5) is 0 Å². The van der Waals surface area contributed by atoms with Crippen LogP contribution in [0.25, 0.3) is 0 Å². The monoisotopic (exact) mass is 426 g/mol. The van der Waals surface area contributed by atoms with Crippen molar-refractivity contribution >= 4 is 8.32 Å². The standard InChI is InChI=1S/C28H46OSi/c1-9-20-15-18-28(10-2)21(19-20)11-12-22-23-13-14-25(27(23,6)17-16-24(22)28)29-30(7,8)26(3,4)5/h9-10,19,22-25H,2,11-18H2,1,3-8H3/t22?,23?,24?,25-,27-,28-/m0/s1. The van der Waals surface area contributed by atoms with Crippen LogP contribution in [0.1, 0.15) is 86.0 Å². The van der Waals surface area contributed by atoms with Crippen molar-refractivity contribution in [2.24, 2.45) is 28.6 Å². The molecule has 0 aliphatic heterocycles. The molecule has 0 aromatic carbocycles. The van der Waals surface area contributed by atoms with Crippen molar-refractivity contribution in [3.8, 4) is 0 Å². The summed E-state index contributed by atoms with van der Waals surface area (Å²) in [7, 11) is -1.73. The Kier molecular flexibility index (Phi) is 5.63. The van der Waals surface area contributed by atoms with Gasteiger partial charge in [-0.2, -0.15) is 0 Å². The zero-order valence-electron chi connectivity index (χ0n) is 20.8. The molecule has 0 spiro atoms. The summed E-state index contributed by atoms with van der Waals surface area (Å²) < 4.78 is 7.10. The molecule has 4 aliphatic rings. The highest BCUT2D eigenvalue weighted by molar-refractivity contribution is 6.74. The first-order valence-electron chi connectivity index (χ1n) is 12.7. The average molecular weight is 427 g/mol. The first-order chi connectivity index (χ1) is 14.0. The lowest BCUT2D eigenvalue weighted by atomic mass is 9.47. The lowest BCUT2D eigenvalue weighted by Gasteiger charge is -2.59. The fourth-order valence-corrected chi connectivity index (χ4v) is 9.06. The van der Waals surface area contributed by atoms with Gasteiger partial charge in [-0.1, -0.05) is 57.1 Å². The van der Waals surface area contributed by atoms with E-state index >= 15 is 0 Å². The summed E-state index contributed by atoms with van der Waals surface area (Å²) in [5.74, 6) is 2.50. The molecule has 4 rings (SSSR count). The highest BCUT2D eigenvalue weighted by Crippen LogP contribution is 2.66. The number of allylic oxidation sites excluding steroid dienone is 5. The molecule has 3 fully saturated rings. The third-order valence-electron chi connectivity index (χ3n) is 10.5. The SMILES string of the molecule is C=C[C@]12CCC(=CC)C=C1CCC1C2CC[C@@]2(C)C1CC[C@@H]2O[Si](C)(C)C(C)(C)C. The van der Waals surface area contributed by atoms with E-state index in [4.69, 9.17) is 4.43 Å². The third-order valence-corrected chi connectivity index (χ3v) is 15.0. The minimum Gasteiger partial charge on any atom is -0.413 e. The number of rotatable bonds is 3. The molecule has 0 saturated heterocycles. The van der Waals surface area contributed by atoms with Gasteiger partial charge in [-0.05, 0) is 99.6 Å². The van der Waals surface area contributed by atoms with Crippen LogP contribution in [0.15, 0.2) is 36.0 Å². The minimum atomic E-state index is -1.73. The molecule has 0 radical (unpaired) electrons. The van der Waals surface area contributed by atoms with Gasteiger partial charge >= 0.3 is 0 Å². The summed E-state index contributed by atoms with van der Waals surface area (Å²) in [6.45, 7) is 21.3. The molecule has 2 heteroatoms. The van der Waals surface area contributed by atoms with Crippen molar-refractivity contribution < 1.29 is 4.43 Å². The van der Waals surface area contributed by atoms with Crippen LogP contribution in [0.5, 0.6) is 0 Å². The van der Waals surface area contributed by atoms with Crippen LogP contribution in [0, 0.1) is 28.6 Å². The van der Waals surface area contributed by atoms with Gasteiger partial charge in [0.25, 0.3) is 0 Å². The zero-order valence-corrected chi connectivity index (χ0v) is 21.8. The molecule has 0 amide bonds. The molecule has 6 atom stereocenters. The van der Waals surface area contributed by atoms with Crippen LogP contribution in [0.2, 0.25) is 18.1 Å². The van der Waals surface area contributed by atoms with E-state index in [0.29, 0.717) is 16.6 Å². The molecule has 0 N–H and O–H groups in total. The number of hydrogen-bond donors (Lipinski definition) is 0. The molecule has 0 aromatic heterocycles. The van der Waals surface area contributed by atoms with Crippen LogP contribution in [-0.2, 0) is 4.43 Å². The van der Waals surface area contributed by atoms with E-state index < -0.39 is 8.32 Å². The molecule has 0 heterocycles. The second-order valence-electron chi connectivity index (χ2n) is 12.7. The van der Waals surface area contributed by atoms with Crippen LogP contribution < -0.4 is 0 Å². The highest BCUT2D eigenvalue weighted by Gasteiger charge is 2.60. The van der Waals surface area contributed by atoms with Gasteiger partial charge in [-0.15, -0.1) is 6.58 Å². The predicted octanol–water partition coefficient (Wildman–Crippen LogP) is 8.45. The van der Waals surface area contributed by atoms with Crippen molar-refractivity contribution in [3.05, 3.63) is 36.0 Å². The van der Waals surface area contributed by atoms with Gasteiger partial charge in [0, 0.05) is 5.41 Å². The molecule has 168 valence electrons. The summed E-state index contributed by atoms with van der Waals surface area (Å²) in [6.07, 6.45) is 18.3. The van der Waals surface area contributed by atoms with E-state index in [2.05, 4.69) is 72.5 Å². The quantitative estimate of drug-likeness (QED) is 0.325. The Bertz CT molecular complexity index is 753. The van der Waals surface area contributed by atoms with Crippen molar-refractivity contribution in [1.29, 1.82) is 0 Å². The normalized spacial score (nSPS) is 42.9.